The summed E-state index contributed by atoms with van der Waals surface area (Å²) in [7, 11) is 0. The number of H-pyrrole nitrogens is 1. The highest BCUT2D eigenvalue weighted by atomic mass is 16.5. The van der Waals surface area contributed by atoms with E-state index in [0.717, 1.165) is 12.0 Å². The first kappa shape index (κ1) is 21.4. The van der Waals surface area contributed by atoms with E-state index in [1.165, 1.54) is 0 Å². The van der Waals surface area contributed by atoms with E-state index in [2.05, 4.69) is 10.3 Å². The summed E-state index contributed by atoms with van der Waals surface area (Å²) in [6.45, 7) is 10.1. The Hall–Kier alpha value is -2.89. The van der Waals surface area contributed by atoms with Gasteiger partial charge in [-0.25, -0.2) is 4.79 Å². The minimum absolute atomic E-state index is 0.103. The number of benzene rings is 1. The van der Waals surface area contributed by atoms with Crippen molar-refractivity contribution in [1.82, 2.24) is 10.3 Å². The number of carbonyl (C=O) groups is 3. The van der Waals surface area contributed by atoms with Crippen LogP contribution in [0.5, 0.6) is 0 Å². The van der Waals surface area contributed by atoms with Gasteiger partial charge in [-0.2, -0.15) is 0 Å². The van der Waals surface area contributed by atoms with E-state index in [0.29, 0.717) is 29.3 Å². The molecule has 1 amide bonds. The molecule has 0 unspecified atom stereocenters. The van der Waals surface area contributed by atoms with Gasteiger partial charge in [0.15, 0.2) is 0 Å². The van der Waals surface area contributed by atoms with E-state index in [4.69, 9.17) is 4.74 Å². The summed E-state index contributed by atoms with van der Waals surface area (Å²) in [5.74, 6) is -1.49. The molecule has 0 saturated carbocycles. The van der Waals surface area contributed by atoms with Gasteiger partial charge in [-0.15, -0.1) is 0 Å². The van der Waals surface area contributed by atoms with Crippen LogP contribution in [-0.2, 0) is 9.53 Å². The van der Waals surface area contributed by atoms with E-state index >= 15 is 0 Å². The van der Waals surface area contributed by atoms with E-state index in [9.17, 15) is 14.4 Å². The lowest BCUT2D eigenvalue weighted by Crippen LogP contribution is -2.32. The second kappa shape index (κ2) is 9.35. The molecule has 0 atom stereocenters. The summed E-state index contributed by atoms with van der Waals surface area (Å²) in [6.07, 6.45) is 0.779. The largest absolute Gasteiger partial charge is 0.462 e. The van der Waals surface area contributed by atoms with Gasteiger partial charge in [0, 0.05) is 17.8 Å². The van der Waals surface area contributed by atoms with Gasteiger partial charge in [-0.3, -0.25) is 9.59 Å². The average Bonchev–Trinajstić information content (AvgIpc) is 2.98. The molecule has 0 aliphatic rings. The number of ether oxygens (including phenoxy) is 1. The van der Waals surface area contributed by atoms with Gasteiger partial charge in [0.05, 0.1) is 12.2 Å². The van der Waals surface area contributed by atoms with Crippen LogP contribution in [0.15, 0.2) is 24.3 Å². The Balaban J connectivity index is 2.47. The molecule has 6 nitrogen and oxygen atoms in total. The van der Waals surface area contributed by atoms with Gasteiger partial charge in [0.2, 0.25) is 0 Å². The minimum atomic E-state index is -0.696. The van der Waals surface area contributed by atoms with Gasteiger partial charge in [-0.1, -0.05) is 43.7 Å². The highest BCUT2D eigenvalue weighted by Gasteiger charge is 2.29. The number of nitrogens with one attached hydrogen (secondary N) is 2. The summed E-state index contributed by atoms with van der Waals surface area (Å²) in [4.78, 5) is 40.7. The van der Waals surface area contributed by atoms with E-state index in [-0.39, 0.29) is 17.9 Å². The van der Waals surface area contributed by atoms with Crippen molar-refractivity contribution in [2.45, 2.75) is 41.0 Å². The first-order valence-corrected chi connectivity index (χ1v) is 9.55. The predicted molar refractivity (Wildman–Crippen MR) is 108 cm³/mol. The van der Waals surface area contributed by atoms with Crippen LogP contribution >= 0.6 is 0 Å². The molecule has 2 rings (SSSR count). The summed E-state index contributed by atoms with van der Waals surface area (Å²) < 4.78 is 5.17. The molecular formula is C22H28N2O4. The van der Waals surface area contributed by atoms with Crippen LogP contribution in [0.25, 0.3) is 11.1 Å². The Bertz CT molecular complexity index is 863. The third-order valence-electron chi connectivity index (χ3n) is 4.45. The molecule has 0 aliphatic carbocycles. The maximum Gasteiger partial charge on any atom is 0.340 e. The Labute approximate surface area is 165 Å². The van der Waals surface area contributed by atoms with Crippen LogP contribution in [0.2, 0.25) is 0 Å². The molecule has 2 N–H and O–H groups in total. The molecule has 0 bridgehead atoms. The van der Waals surface area contributed by atoms with Crippen molar-refractivity contribution in [2.75, 3.05) is 13.2 Å². The number of amides is 1. The number of aromatic amines is 1. The van der Waals surface area contributed by atoms with E-state index < -0.39 is 17.7 Å². The molecule has 0 aliphatic heterocycles. The predicted octanol–water partition coefficient (Wildman–Crippen LogP) is 3.82. The number of rotatable bonds is 8. The summed E-state index contributed by atoms with van der Waals surface area (Å²) in [6, 6.07) is 7.44. The van der Waals surface area contributed by atoms with Crippen LogP contribution in [0.4, 0.5) is 0 Å². The van der Waals surface area contributed by atoms with Crippen molar-refractivity contribution >= 4 is 17.7 Å². The molecule has 150 valence electrons. The topological polar surface area (TPSA) is 88.3 Å². The van der Waals surface area contributed by atoms with Crippen molar-refractivity contribution in [3.8, 4) is 11.1 Å². The van der Waals surface area contributed by atoms with Crippen LogP contribution in [-0.4, -0.2) is 35.8 Å². The molecule has 0 saturated heterocycles. The minimum Gasteiger partial charge on any atom is -0.462 e. The lowest BCUT2D eigenvalue weighted by atomic mass is 9.97. The first-order valence-electron chi connectivity index (χ1n) is 9.55. The number of hydrogen-bond donors (Lipinski definition) is 2. The summed E-state index contributed by atoms with van der Waals surface area (Å²) in [5.41, 5.74) is 3.01. The fourth-order valence-electron chi connectivity index (χ4n) is 2.93. The monoisotopic (exact) mass is 384 g/mol. The SMILES string of the molecule is CCOC(=O)c1c(C)[nH]c(C(=O)C(=O)NCCC(C)C)c1-c1ccc(C)cc1. The van der Waals surface area contributed by atoms with E-state index in [1.54, 1.807) is 13.8 Å². The van der Waals surface area contributed by atoms with Crippen LogP contribution in [0.3, 0.4) is 0 Å². The summed E-state index contributed by atoms with van der Waals surface area (Å²) in [5, 5.41) is 2.66. The molecule has 0 fully saturated rings. The normalized spacial score (nSPS) is 10.8. The molecule has 28 heavy (non-hydrogen) atoms. The molecule has 0 spiro atoms. The summed E-state index contributed by atoms with van der Waals surface area (Å²) >= 11 is 0. The first-order chi connectivity index (χ1) is 13.3. The molecule has 1 aromatic heterocycles. The Kier molecular flexibility index (Phi) is 7.15. The molecule has 1 aromatic carbocycles. The molecule has 6 heteroatoms. The van der Waals surface area contributed by atoms with Gasteiger partial charge in [0.1, 0.15) is 5.69 Å². The van der Waals surface area contributed by atoms with Crippen molar-refractivity contribution in [2.24, 2.45) is 5.92 Å². The number of hydrogen-bond acceptors (Lipinski definition) is 4. The zero-order valence-corrected chi connectivity index (χ0v) is 17.1. The van der Waals surface area contributed by atoms with Crippen molar-refractivity contribution < 1.29 is 19.1 Å². The third kappa shape index (κ3) is 4.88. The Morgan fingerprint density at radius 1 is 1.11 bits per heavy atom. The van der Waals surface area contributed by atoms with Crippen molar-refractivity contribution in [3.63, 3.8) is 0 Å². The fraction of sp³-hybridized carbons (Fsp3) is 0.409. The van der Waals surface area contributed by atoms with Gasteiger partial charge in [-0.05, 0) is 38.7 Å². The van der Waals surface area contributed by atoms with Gasteiger partial charge in [0.25, 0.3) is 11.7 Å². The quantitative estimate of drug-likeness (QED) is 0.411. The molecular weight excluding hydrogens is 356 g/mol. The zero-order valence-electron chi connectivity index (χ0n) is 17.1. The van der Waals surface area contributed by atoms with Crippen molar-refractivity contribution in [1.29, 1.82) is 0 Å². The standard InChI is InChI=1S/C22H28N2O4/c1-6-28-22(27)17-15(5)24-19(18(17)16-9-7-14(4)8-10-16)20(25)21(26)23-12-11-13(2)3/h7-10,13,24H,6,11-12H2,1-5H3,(H,23,26). The van der Waals surface area contributed by atoms with Crippen LogP contribution in [0.1, 0.15) is 59.3 Å². The lowest BCUT2D eigenvalue weighted by Gasteiger charge is -2.09. The smallest absolute Gasteiger partial charge is 0.340 e. The van der Waals surface area contributed by atoms with Gasteiger partial charge < -0.3 is 15.0 Å². The lowest BCUT2D eigenvalue weighted by molar-refractivity contribution is -0.117. The average molecular weight is 384 g/mol. The number of Topliss-reactive ketones (excluding diaryl/α,β-unsaturated/α-hetero) is 1. The molecule has 0 radical (unpaired) electrons. The third-order valence-corrected chi connectivity index (χ3v) is 4.45. The van der Waals surface area contributed by atoms with Gasteiger partial charge >= 0.3 is 5.97 Å². The number of aromatic nitrogens is 1. The number of carbonyl (C=O) groups excluding carboxylic acids is 3. The Morgan fingerprint density at radius 2 is 1.75 bits per heavy atom. The second-order valence-corrected chi connectivity index (χ2v) is 7.23. The van der Waals surface area contributed by atoms with Crippen LogP contribution < -0.4 is 5.32 Å². The maximum atomic E-state index is 12.8. The number of ketones is 1. The Morgan fingerprint density at radius 3 is 2.32 bits per heavy atom. The van der Waals surface area contributed by atoms with Crippen LogP contribution in [0, 0.1) is 19.8 Å². The molecule has 2 aromatic rings. The zero-order chi connectivity index (χ0) is 20.8. The number of aryl methyl sites for hydroxylation is 2. The highest BCUT2D eigenvalue weighted by Crippen LogP contribution is 2.31. The highest BCUT2D eigenvalue weighted by molar-refractivity contribution is 6.43. The fourth-order valence-corrected chi connectivity index (χ4v) is 2.93. The number of esters is 1. The second-order valence-electron chi connectivity index (χ2n) is 7.23. The van der Waals surface area contributed by atoms with Crippen molar-refractivity contribution in [3.05, 3.63) is 46.8 Å². The molecule has 1 heterocycles. The maximum absolute atomic E-state index is 12.8. The van der Waals surface area contributed by atoms with E-state index in [1.807, 2.05) is 45.0 Å².